The SMILES string of the molecule is C=C(OCC)c1sc(N(C[C@H](OCCC)c2ccccc2OC)C(C)=O)c(C(C)=O)c1C. The Morgan fingerprint density at radius 2 is 1.88 bits per heavy atom. The molecule has 0 aliphatic rings. The number of thiophene rings is 1. The predicted octanol–water partition coefficient (Wildman–Crippen LogP) is 5.80. The number of hydrogen-bond acceptors (Lipinski definition) is 6. The molecule has 7 heteroatoms. The van der Waals surface area contributed by atoms with E-state index in [1.807, 2.05) is 45.0 Å². The van der Waals surface area contributed by atoms with Gasteiger partial charge < -0.3 is 19.1 Å². The lowest BCUT2D eigenvalue weighted by atomic mass is 10.1. The van der Waals surface area contributed by atoms with Gasteiger partial charge in [-0.25, -0.2) is 0 Å². The molecule has 174 valence electrons. The third-order valence-corrected chi connectivity index (χ3v) is 6.39. The maximum Gasteiger partial charge on any atom is 0.224 e. The highest BCUT2D eigenvalue weighted by Gasteiger charge is 2.29. The number of ketones is 1. The lowest BCUT2D eigenvalue weighted by Crippen LogP contribution is -2.34. The van der Waals surface area contributed by atoms with Gasteiger partial charge in [-0.2, -0.15) is 0 Å². The van der Waals surface area contributed by atoms with Crippen LogP contribution in [0.1, 0.15) is 66.6 Å². The monoisotopic (exact) mass is 459 g/mol. The van der Waals surface area contributed by atoms with Crippen LogP contribution in [0.25, 0.3) is 5.76 Å². The molecule has 0 aliphatic heterocycles. The molecule has 1 atom stereocenters. The summed E-state index contributed by atoms with van der Waals surface area (Å²) in [5.74, 6) is 0.897. The number of benzene rings is 1. The third kappa shape index (κ3) is 5.78. The predicted molar refractivity (Wildman–Crippen MR) is 130 cm³/mol. The number of ether oxygens (including phenoxy) is 3. The van der Waals surface area contributed by atoms with Crippen molar-refractivity contribution in [2.75, 3.05) is 31.8 Å². The summed E-state index contributed by atoms with van der Waals surface area (Å²) in [6.45, 7) is 14.0. The van der Waals surface area contributed by atoms with E-state index in [4.69, 9.17) is 14.2 Å². The van der Waals surface area contributed by atoms with Crippen molar-refractivity contribution in [1.82, 2.24) is 0 Å². The average Bonchev–Trinajstić information content (AvgIpc) is 3.10. The Morgan fingerprint density at radius 3 is 2.44 bits per heavy atom. The van der Waals surface area contributed by atoms with Gasteiger partial charge >= 0.3 is 0 Å². The zero-order valence-corrected chi connectivity index (χ0v) is 20.6. The van der Waals surface area contributed by atoms with Crippen LogP contribution in [0.3, 0.4) is 0 Å². The summed E-state index contributed by atoms with van der Waals surface area (Å²) in [5.41, 5.74) is 2.13. The molecule has 1 aromatic carbocycles. The number of rotatable bonds is 12. The number of Topliss-reactive ketones (excluding diaryl/α,β-unsaturated/α-hetero) is 1. The molecule has 0 unspecified atom stereocenters. The first-order valence-electron chi connectivity index (χ1n) is 10.8. The molecule has 32 heavy (non-hydrogen) atoms. The first-order valence-corrected chi connectivity index (χ1v) is 11.6. The molecular formula is C25H33NO5S. The number of carbonyl (C=O) groups excluding carboxylic acids is 2. The van der Waals surface area contributed by atoms with Crippen LogP contribution in [-0.2, 0) is 14.3 Å². The fourth-order valence-electron chi connectivity index (χ4n) is 3.56. The molecule has 6 nitrogen and oxygen atoms in total. The lowest BCUT2D eigenvalue weighted by molar-refractivity contribution is -0.117. The van der Waals surface area contributed by atoms with Crippen LogP contribution in [0.4, 0.5) is 5.00 Å². The van der Waals surface area contributed by atoms with Crippen molar-refractivity contribution >= 4 is 33.8 Å². The minimum Gasteiger partial charge on any atom is -0.496 e. The number of nitrogens with zero attached hydrogens (tertiary/aromatic N) is 1. The van der Waals surface area contributed by atoms with Gasteiger partial charge in [0.1, 0.15) is 22.6 Å². The standard InChI is InChI=1S/C25H33NO5S/c1-8-14-31-22(20-12-10-11-13-21(20)29-7)15-26(19(6)28)25-23(17(4)27)16(3)24(32-25)18(5)30-9-2/h10-13,22H,5,8-9,14-15H2,1-4,6-7H3/t22-/m0/s1. The Labute approximate surface area is 194 Å². The maximum absolute atomic E-state index is 12.8. The number of para-hydroxylation sites is 1. The van der Waals surface area contributed by atoms with E-state index in [9.17, 15) is 9.59 Å². The van der Waals surface area contributed by atoms with Crippen LogP contribution in [0.2, 0.25) is 0 Å². The van der Waals surface area contributed by atoms with Crippen molar-refractivity contribution in [3.05, 3.63) is 52.4 Å². The van der Waals surface area contributed by atoms with E-state index >= 15 is 0 Å². The van der Waals surface area contributed by atoms with Crippen molar-refractivity contribution in [2.24, 2.45) is 0 Å². The Kier molecular flexibility index (Phi) is 9.47. The molecule has 2 aromatic rings. The van der Waals surface area contributed by atoms with Gasteiger partial charge in [0.2, 0.25) is 5.91 Å². The fraction of sp³-hybridized carbons (Fsp3) is 0.440. The summed E-state index contributed by atoms with van der Waals surface area (Å²) in [5, 5.41) is 0.582. The zero-order chi connectivity index (χ0) is 23.8. The summed E-state index contributed by atoms with van der Waals surface area (Å²) in [6, 6.07) is 7.62. The fourth-order valence-corrected chi connectivity index (χ4v) is 4.90. The van der Waals surface area contributed by atoms with Gasteiger partial charge in [-0.15, -0.1) is 11.3 Å². The first-order chi connectivity index (χ1) is 15.3. The van der Waals surface area contributed by atoms with E-state index in [1.165, 1.54) is 25.2 Å². The van der Waals surface area contributed by atoms with E-state index in [1.54, 1.807) is 12.0 Å². The van der Waals surface area contributed by atoms with E-state index in [0.29, 0.717) is 35.3 Å². The number of methoxy groups -OCH3 is 1. The van der Waals surface area contributed by atoms with Crippen LogP contribution >= 0.6 is 11.3 Å². The van der Waals surface area contributed by atoms with Gasteiger partial charge in [-0.1, -0.05) is 31.7 Å². The Hall–Kier alpha value is -2.64. The van der Waals surface area contributed by atoms with Crippen LogP contribution < -0.4 is 9.64 Å². The second-order valence-corrected chi connectivity index (χ2v) is 8.38. The molecule has 0 saturated carbocycles. The van der Waals surface area contributed by atoms with E-state index in [-0.39, 0.29) is 18.2 Å². The highest BCUT2D eigenvalue weighted by Crippen LogP contribution is 2.41. The molecule has 0 N–H and O–H groups in total. The lowest BCUT2D eigenvalue weighted by Gasteiger charge is -2.28. The molecule has 0 radical (unpaired) electrons. The average molecular weight is 460 g/mol. The molecule has 0 bridgehead atoms. The van der Waals surface area contributed by atoms with Crippen LogP contribution in [0.5, 0.6) is 5.75 Å². The number of hydrogen-bond donors (Lipinski definition) is 0. The minimum atomic E-state index is -0.421. The topological polar surface area (TPSA) is 65.1 Å². The van der Waals surface area contributed by atoms with Crippen molar-refractivity contribution in [2.45, 2.75) is 47.1 Å². The van der Waals surface area contributed by atoms with Gasteiger partial charge in [-0.3, -0.25) is 9.59 Å². The van der Waals surface area contributed by atoms with E-state index < -0.39 is 6.10 Å². The number of amides is 1. The molecule has 0 fully saturated rings. The maximum atomic E-state index is 12.8. The van der Waals surface area contributed by atoms with Gasteiger partial charge in [0, 0.05) is 19.1 Å². The zero-order valence-electron chi connectivity index (χ0n) is 19.8. The second-order valence-electron chi connectivity index (χ2n) is 7.38. The Morgan fingerprint density at radius 1 is 1.19 bits per heavy atom. The van der Waals surface area contributed by atoms with Crippen molar-refractivity contribution in [3.8, 4) is 5.75 Å². The highest BCUT2D eigenvalue weighted by atomic mass is 32.1. The Bertz CT molecular complexity index is 965. The van der Waals surface area contributed by atoms with Gasteiger partial charge in [-0.05, 0) is 38.8 Å². The molecule has 0 spiro atoms. The highest BCUT2D eigenvalue weighted by molar-refractivity contribution is 7.18. The molecule has 1 amide bonds. The Balaban J connectivity index is 2.56. The first kappa shape index (κ1) is 25.6. The normalized spacial score (nSPS) is 11.7. The molecule has 0 saturated heterocycles. The van der Waals surface area contributed by atoms with E-state index in [0.717, 1.165) is 22.4 Å². The summed E-state index contributed by atoms with van der Waals surface area (Å²) < 4.78 is 17.3. The quantitative estimate of drug-likeness (QED) is 0.297. The molecule has 1 heterocycles. The van der Waals surface area contributed by atoms with Crippen molar-refractivity contribution in [1.29, 1.82) is 0 Å². The van der Waals surface area contributed by atoms with Gasteiger partial charge in [0.25, 0.3) is 0 Å². The smallest absolute Gasteiger partial charge is 0.224 e. The summed E-state index contributed by atoms with van der Waals surface area (Å²) in [4.78, 5) is 27.8. The largest absolute Gasteiger partial charge is 0.496 e. The minimum absolute atomic E-state index is 0.112. The van der Waals surface area contributed by atoms with Crippen molar-refractivity contribution < 1.29 is 23.8 Å². The van der Waals surface area contributed by atoms with Crippen LogP contribution in [0.15, 0.2) is 30.8 Å². The van der Waals surface area contributed by atoms with Gasteiger partial charge in [0.15, 0.2) is 5.78 Å². The molecule has 2 rings (SSSR count). The second kappa shape index (κ2) is 11.8. The molecule has 1 aromatic heterocycles. The van der Waals surface area contributed by atoms with Gasteiger partial charge in [0.05, 0.1) is 30.7 Å². The summed E-state index contributed by atoms with van der Waals surface area (Å²) in [7, 11) is 1.61. The summed E-state index contributed by atoms with van der Waals surface area (Å²) in [6.07, 6.45) is 0.414. The third-order valence-electron chi connectivity index (χ3n) is 5.03. The van der Waals surface area contributed by atoms with E-state index in [2.05, 4.69) is 6.58 Å². The number of carbonyl (C=O) groups is 2. The molecule has 0 aliphatic carbocycles. The number of anilines is 1. The van der Waals surface area contributed by atoms with Crippen LogP contribution in [-0.4, -0.2) is 38.6 Å². The van der Waals surface area contributed by atoms with Crippen molar-refractivity contribution in [3.63, 3.8) is 0 Å². The van der Waals surface area contributed by atoms with Crippen LogP contribution in [0, 0.1) is 6.92 Å². The summed E-state index contributed by atoms with van der Waals surface area (Å²) >= 11 is 1.34. The molecular weight excluding hydrogens is 426 g/mol.